The van der Waals surface area contributed by atoms with Gasteiger partial charge >= 0.3 is 5.97 Å². The average molecular weight is 359 g/mol. The molecule has 0 aromatic carbocycles. The minimum atomic E-state index is -0.676. The van der Waals surface area contributed by atoms with Gasteiger partial charge in [-0.2, -0.15) is 0 Å². The van der Waals surface area contributed by atoms with Crippen molar-refractivity contribution in [2.24, 2.45) is 13.0 Å². The van der Waals surface area contributed by atoms with Gasteiger partial charge in [0.2, 0.25) is 0 Å². The van der Waals surface area contributed by atoms with Crippen molar-refractivity contribution in [3.8, 4) is 0 Å². The maximum Gasteiger partial charge on any atom is 0.329 e. The lowest BCUT2D eigenvalue weighted by atomic mass is 10.0. The van der Waals surface area contributed by atoms with Crippen molar-refractivity contribution >= 4 is 27.8 Å². The number of rotatable bonds is 4. The summed E-state index contributed by atoms with van der Waals surface area (Å²) in [6.45, 7) is 9.15. The first-order valence-electron chi connectivity index (χ1n) is 6.87. The van der Waals surface area contributed by atoms with Gasteiger partial charge in [0.1, 0.15) is 17.3 Å². The number of carbonyl (C=O) groups excluding carboxylic acids is 2. The predicted molar refractivity (Wildman–Crippen MR) is 85.1 cm³/mol. The highest BCUT2D eigenvalue weighted by Gasteiger charge is 2.30. The third-order valence-corrected chi connectivity index (χ3v) is 3.25. The van der Waals surface area contributed by atoms with Gasteiger partial charge in [0, 0.05) is 17.7 Å². The van der Waals surface area contributed by atoms with E-state index in [9.17, 15) is 9.59 Å². The minimum Gasteiger partial charge on any atom is -0.458 e. The van der Waals surface area contributed by atoms with Crippen LogP contribution in [-0.2, 0) is 16.6 Å². The summed E-state index contributed by atoms with van der Waals surface area (Å²) in [4.78, 5) is 24.5. The molecule has 0 fully saturated rings. The van der Waals surface area contributed by atoms with Crippen molar-refractivity contribution in [3.05, 3.63) is 22.4 Å². The van der Waals surface area contributed by atoms with Gasteiger partial charge in [-0.25, -0.2) is 4.79 Å². The van der Waals surface area contributed by atoms with E-state index in [1.165, 1.54) is 0 Å². The number of hydrogen-bond acceptors (Lipinski definition) is 3. The van der Waals surface area contributed by atoms with Crippen LogP contribution in [0, 0.1) is 5.92 Å². The molecule has 1 atom stereocenters. The SMILES string of the molecule is CC(C)[C@@H](NC(=O)c1cc(Br)cn1C)C(=O)OC(C)(C)C. The predicted octanol–water partition coefficient (Wildman–Crippen LogP) is 2.88. The Morgan fingerprint density at radius 2 is 1.90 bits per heavy atom. The van der Waals surface area contributed by atoms with Crippen LogP contribution in [0.25, 0.3) is 0 Å². The summed E-state index contributed by atoms with van der Waals surface area (Å²) in [5.74, 6) is -0.778. The summed E-state index contributed by atoms with van der Waals surface area (Å²) in [5.41, 5.74) is -0.0979. The normalized spacial score (nSPS) is 13.1. The Labute approximate surface area is 134 Å². The van der Waals surface area contributed by atoms with Crippen LogP contribution in [0.3, 0.4) is 0 Å². The quantitative estimate of drug-likeness (QED) is 0.841. The Morgan fingerprint density at radius 3 is 2.29 bits per heavy atom. The molecule has 118 valence electrons. The Balaban J connectivity index is 2.86. The number of halogens is 1. The van der Waals surface area contributed by atoms with Crippen LogP contribution < -0.4 is 5.32 Å². The highest BCUT2D eigenvalue weighted by molar-refractivity contribution is 9.10. The first kappa shape index (κ1) is 17.8. The van der Waals surface area contributed by atoms with E-state index in [-0.39, 0.29) is 11.8 Å². The molecule has 0 aliphatic rings. The number of nitrogens with one attached hydrogen (secondary N) is 1. The second-order valence-electron chi connectivity index (χ2n) is 6.38. The number of esters is 1. The minimum absolute atomic E-state index is 0.0625. The molecule has 0 unspecified atom stereocenters. The first-order valence-corrected chi connectivity index (χ1v) is 7.66. The number of hydrogen-bond donors (Lipinski definition) is 1. The second-order valence-corrected chi connectivity index (χ2v) is 7.30. The highest BCUT2D eigenvalue weighted by atomic mass is 79.9. The van der Waals surface area contributed by atoms with Gasteiger partial charge in [0.25, 0.3) is 5.91 Å². The zero-order valence-electron chi connectivity index (χ0n) is 13.4. The number of ether oxygens (including phenoxy) is 1. The highest BCUT2D eigenvalue weighted by Crippen LogP contribution is 2.16. The van der Waals surface area contributed by atoms with Gasteiger partial charge in [-0.3, -0.25) is 4.79 Å². The van der Waals surface area contributed by atoms with Crippen LogP contribution in [-0.4, -0.2) is 28.1 Å². The number of amides is 1. The molecular weight excluding hydrogens is 336 g/mol. The molecule has 1 N–H and O–H groups in total. The van der Waals surface area contributed by atoms with E-state index in [4.69, 9.17) is 4.74 Å². The molecule has 1 amide bonds. The summed E-state index contributed by atoms with van der Waals surface area (Å²) in [6, 6.07) is 1.03. The summed E-state index contributed by atoms with van der Waals surface area (Å²) < 4.78 is 7.88. The van der Waals surface area contributed by atoms with Crippen LogP contribution in [0.5, 0.6) is 0 Å². The molecule has 0 saturated heterocycles. The average Bonchev–Trinajstić information content (AvgIpc) is 2.62. The number of aromatic nitrogens is 1. The smallest absolute Gasteiger partial charge is 0.329 e. The van der Waals surface area contributed by atoms with E-state index in [1.807, 2.05) is 13.8 Å². The summed E-state index contributed by atoms with van der Waals surface area (Å²) in [5, 5.41) is 2.75. The molecule has 6 heteroatoms. The van der Waals surface area contributed by atoms with E-state index in [2.05, 4.69) is 21.2 Å². The molecule has 5 nitrogen and oxygen atoms in total. The number of carbonyl (C=O) groups is 2. The van der Waals surface area contributed by atoms with Gasteiger partial charge in [0.15, 0.2) is 0 Å². The summed E-state index contributed by atoms with van der Waals surface area (Å²) in [6.07, 6.45) is 1.78. The molecule has 0 aliphatic carbocycles. The lowest BCUT2D eigenvalue weighted by Gasteiger charge is -2.26. The largest absolute Gasteiger partial charge is 0.458 e. The molecule has 0 radical (unpaired) electrons. The van der Waals surface area contributed by atoms with Gasteiger partial charge in [-0.15, -0.1) is 0 Å². The third kappa shape index (κ3) is 5.19. The fourth-order valence-electron chi connectivity index (χ4n) is 1.83. The Hall–Kier alpha value is -1.30. The van der Waals surface area contributed by atoms with E-state index in [1.54, 1.807) is 44.6 Å². The number of aryl methyl sites for hydroxylation is 1. The lowest BCUT2D eigenvalue weighted by molar-refractivity contribution is -0.158. The Bertz CT molecular complexity index is 530. The summed E-state index contributed by atoms with van der Waals surface area (Å²) >= 11 is 3.32. The molecule has 1 rings (SSSR count). The van der Waals surface area contributed by atoms with Crippen molar-refractivity contribution in [1.82, 2.24) is 9.88 Å². The van der Waals surface area contributed by atoms with E-state index < -0.39 is 17.6 Å². The molecule has 21 heavy (non-hydrogen) atoms. The second kappa shape index (κ2) is 6.64. The molecule has 0 aliphatic heterocycles. The van der Waals surface area contributed by atoms with Gasteiger partial charge in [-0.1, -0.05) is 13.8 Å². The van der Waals surface area contributed by atoms with Gasteiger partial charge in [-0.05, 0) is 48.7 Å². The Morgan fingerprint density at radius 1 is 1.33 bits per heavy atom. The number of nitrogens with zero attached hydrogens (tertiary/aromatic N) is 1. The standard InChI is InChI=1S/C15H23BrN2O3/c1-9(2)12(14(20)21-15(3,4)5)17-13(19)11-7-10(16)8-18(11)6/h7-9,12H,1-6H3,(H,17,19)/t12-/m1/s1. The molecule has 1 aromatic heterocycles. The van der Waals surface area contributed by atoms with Gasteiger partial charge in [0.05, 0.1) is 0 Å². The Kier molecular flexibility index (Phi) is 5.61. The van der Waals surface area contributed by atoms with E-state index in [0.29, 0.717) is 5.69 Å². The van der Waals surface area contributed by atoms with Crippen molar-refractivity contribution in [2.75, 3.05) is 0 Å². The first-order chi connectivity index (χ1) is 9.51. The molecule has 0 saturated carbocycles. The topological polar surface area (TPSA) is 60.3 Å². The maximum atomic E-state index is 12.3. The maximum absolute atomic E-state index is 12.3. The van der Waals surface area contributed by atoms with Crippen molar-refractivity contribution in [2.45, 2.75) is 46.3 Å². The van der Waals surface area contributed by atoms with Crippen LogP contribution in [0.1, 0.15) is 45.1 Å². The molecule has 0 spiro atoms. The van der Waals surface area contributed by atoms with Crippen LogP contribution >= 0.6 is 15.9 Å². The monoisotopic (exact) mass is 358 g/mol. The lowest BCUT2D eigenvalue weighted by Crippen LogP contribution is -2.47. The fraction of sp³-hybridized carbons (Fsp3) is 0.600. The van der Waals surface area contributed by atoms with Crippen LogP contribution in [0.15, 0.2) is 16.7 Å². The van der Waals surface area contributed by atoms with Crippen molar-refractivity contribution < 1.29 is 14.3 Å². The molecular formula is C15H23BrN2O3. The summed E-state index contributed by atoms with van der Waals surface area (Å²) in [7, 11) is 1.78. The van der Waals surface area contributed by atoms with Crippen molar-refractivity contribution in [1.29, 1.82) is 0 Å². The van der Waals surface area contributed by atoms with Crippen LogP contribution in [0.2, 0.25) is 0 Å². The van der Waals surface area contributed by atoms with Crippen LogP contribution in [0.4, 0.5) is 0 Å². The van der Waals surface area contributed by atoms with Crippen molar-refractivity contribution in [3.63, 3.8) is 0 Å². The zero-order chi connectivity index (χ0) is 16.4. The molecule has 0 bridgehead atoms. The fourth-order valence-corrected chi connectivity index (χ4v) is 2.35. The van der Waals surface area contributed by atoms with E-state index in [0.717, 1.165) is 4.47 Å². The molecule has 1 heterocycles. The van der Waals surface area contributed by atoms with E-state index >= 15 is 0 Å². The third-order valence-electron chi connectivity index (χ3n) is 2.82. The van der Waals surface area contributed by atoms with Gasteiger partial charge < -0.3 is 14.6 Å². The molecule has 1 aromatic rings. The zero-order valence-corrected chi connectivity index (χ0v) is 14.9.